The Kier molecular flexibility index (Phi) is 2.60. The minimum absolute atomic E-state index is 0.119. The van der Waals surface area contributed by atoms with Crippen LogP contribution in [0.3, 0.4) is 0 Å². The third-order valence-electron chi connectivity index (χ3n) is 1.70. The Bertz CT molecular complexity index is 161. The molecule has 0 radical (unpaired) electrons. The Balaban J connectivity index is 2.52. The molecule has 1 aliphatic rings. The number of hydrogen-bond donors (Lipinski definition) is 0. The fourth-order valence-electron chi connectivity index (χ4n) is 1.04. The van der Waals surface area contributed by atoms with E-state index in [-0.39, 0.29) is 18.2 Å². The van der Waals surface area contributed by atoms with Gasteiger partial charge in [0.2, 0.25) is 0 Å². The first-order valence-corrected chi connectivity index (χ1v) is 4.21. The summed E-state index contributed by atoms with van der Waals surface area (Å²) in [6.07, 6.45) is -0.364. The van der Waals surface area contributed by atoms with Gasteiger partial charge < -0.3 is 9.64 Å². The number of alkyl halides is 1. The maximum Gasteiger partial charge on any atom is 0.410 e. The Morgan fingerprint density at radius 3 is 2.73 bits per heavy atom. The number of carbonyl (C=O) groups excluding carboxylic acids is 1. The van der Waals surface area contributed by atoms with Crippen molar-refractivity contribution in [2.24, 2.45) is 0 Å². The monoisotopic (exact) mass is 177 g/mol. The summed E-state index contributed by atoms with van der Waals surface area (Å²) in [5, 5.41) is 0. The first-order valence-electron chi connectivity index (χ1n) is 3.68. The van der Waals surface area contributed by atoms with E-state index in [1.165, 1.54) is 0 Å². The third-order valence-corrected chi connectivity index (χ3v) is 2.04. The molecule has 1 fully saturated rings. The molecular weight excluding hydrogens is 166 g/mol. The van der Waals surface area contributed by atoms with E-state index < -0.39 is 0 Å². The van der Waals surface area contributed by atoms with Crippen LogP contribution in [0.15, 0.2) is 0 Å². The van der Waals surface area contributed by atoms with E-state index in [9.17, 15) is 4.79 Å². The zero-order valence-corrected chi connectivity index (χ0v) is 7.47. The van der Waals surface area contributed by atoms with Crippen LogP contribution in [0, 0.1) is 0 Å². The highest BCUT2D eigenvalue weighted by Crippen LogP contribution is 2.14. The van der Waals surface area contributed by atoms with Crippen molar-refractivity contribution >= 4 is 17.7 Å². The van der Waals surface area contributed by atoms with Crippen LogP contribution < -0.4 is 0 Å². The Hall–Kier alpha value is -0.440. The number of hydrogen-bond acceptors (Lipinski definition) is 2. The van der Waals surface area contributed by atoms with Gasteiger partial charge in [0, 0.05) is 6.04 Å². The van der Waals surface area contributed by atoms with Crippen LogP contribution >= 0.6 is 11.6 Å². The first-order chi connectivity index (χ1) is 5.15. The molecule has 3 nitrogen and oxygen atoms in total. The second-order valence-corrected chi connectivity index (χ2v) is 3.21. The molecule has 0 bridgehead atoms. The number of amides is 1. The summed E-state index contributed by atoms with van der Waals surface area (Å²) < 4.78 is 4.94. The van der Waals surface area contributed by atoms with E-state index in [2.05, 4.69) is 0 Å². The van der Waals surface area contributed by atoms with Gasteiger partial charge in [-0.3, -0.25) is 0 Å². The topological polar surface area (TPSA) is 29.5 Å². The van der Waals surface area contributed by atoms with Crippen LogP contribution in [0.4, 0.5) is 4.79 Å². The first kappa shape index (κ1) is 8.65. The molecule has 64 valence electrons. The van der Waals surface area contributed by atoms with E-state index in [4.69, 9.17) is 16.3 Å². The summed E-state index contributed by atoms with van der Waals surface area (Å²) >= 11 is 5.54. The van der Waals surface area contributed by atoms with Crippen molar-refractivity contribution in [2.45, 2.75) is 26.0 Å². The highest BCUT2D eigenvalue weighted by atomic mass is 35.5. The SMILES string of the molecule is CC(C)N1CC(CCl)OC1=O. The van der Waals surface area contributed by atoms with Crippen LogP contribution in [-0.2, 0) is 4.74 Å². The highest BCUT2D eigenvalue weighted by Gasteiger charge is 2.31. The molecular formula is C7H12ClNO2. The molecule has 0 N–H and O–H groups in total. The Labute approximate surface area is 71.3 Å². The molecule has 1 rings (SSSR count). The zero-order chi connectivity index (χ0) is 8.43. The van der Waals surface area contributed by atoms with E-state index in [0.717, 1.165) is 0 Å². The molecule has 1 unspecified atom stereocenters. The molecule has 1 aliphatic heterocycles. The molecule has 1 saturated heterocycles. The predicted molar refractivity (Wildman–Crippen MR) is 42.8 cm³/mol. The molecule has 0 saturated carbocycles. The number of cyclic esters (lactones) is 1. The van der Waals surface area contributed by atoms with E-state index in [1.54, 1.807) is 4.90 Å². The lowest BCUT2D eigenvalue weighted by Crippen LogP contribution is -2.32. The fourth-order valence-corrected chi connectivity index (χ4v) is 1.20. The zero-order valence-electron chi connectivity index (χ0n) is 6.71. The average molecular weight is 178 g/mol. The van der Waals surface area contributed by atoms with Gasteiger partial charge in [-0.25, -0.2) is 4.79 Å². The van der Waals surface area contributed by atoms with Gasteiger partial charge in [0.15, 0.2) is 0 Å². The van der Waals surface area contributed by atoms with Crippen molar-refractivity contribution < 1.29 is 9.53 Å². The molecule has 0 aromatic heterocycles. The van der Waals surface area contributed by atoms with Gasteiger partial charge in [-0.15, -0.1) is 11.6 Å². The number of ether oxygens (including phenoxy) is 1. The molecule has 1 heterocycles. The van der Waals surface area contributed by atoms with Crippen LogP contribution in [0.25, 0.3) is 0 Å². The lowest BCUT2D eigenvalue weighted by atomic mass is 10.3. The number of halogens is 1. The fraction of sp³-hybridized carbons (Fsp3) is 0.857. The number of nitrogens with zero attached hydrogens (tertiary/aromatic N) is 1. The van der Waals surface area contributed by atoms with Crippen molar-refractivity contribution in [3.63, 3.8) is 0 Å². The summed E-state index contributed by atoms with van der Waals surface area (Å²) in [7, 11) is 0. The normalized spacial score (nSPS) is 24.5. The van der Waals surface area contributed by atoms with Gasteiger partial charge in [-0.1, -0.05) is 0 Å². The van der Waals surface area contributed by atoms with Crippen LogP contribution in [-0.4, -0.2) is 35.6 Å². The standard InChI is InChI=1S/C7H12ClNO2/c1-5(2)9-4-6(3-8)11-7(9)10/h5-6H,3-4H2,1-2H3. The van der Waals surface area contributed by atoms with Crippen LogP contribution in [0.2, 0.25) is 0 Å². The summed E-state index contributed by atoms with van der Waals surface area (Å²) in [5.74, 6) is 0.384. The number of rotatable bonds is 2. The molecule has 0 aromatic rings. The van der Waals surface area contributed by atoms with E-state index in [1.807, 2.05) is 13.8 Å². The van der Waals surface area contributed by atoms with Gasteiger partial charge in [-0.2, -0.15) is 0 Å². The molecule has 4 heteroatoms. The van der Waals surface area contributed by atoms with Crippen LogP contribution in [0.1, 0.15) is 13.8 Å². The summed E-state index contributed by atoms with van der Waals surface area (Å²) in [6.45, 7) is 4.54. The lowest BCUT2D eigenvalue weighted by molar-refractivity contribution is 0.135. The Morgan fingerprint density at radius 2 is 2.45 bits per heavy atom. The second kappa shape index (κ2) is 3.30. The van der Waals surface area contributed by atoms with Crippen molar-refractivity contribution in [3.05, 3.63) is 0 Å². The number of carbonyl (C=O) groups is 1. The maximum absolute atomic E-state index is 11.0. The van der Waals surface area contributed by atoms with Crippen molar-refractivity contribution in [3.8, 4) is 0 Å². The molecule has 11 heavy (non-hydrogen) atoms. The van der Waals surface area contributed by atoms with Gasteiger partial charge in [0.25, 0.3) is 0 Å². The molecule has 1 atom stereocenters. The predicted octanol–water partition coefficient (Wildman–Crippen LogP) is 1.45. The molecule has 0 aliphatic carbocycles. The van der Waals surface area contributed by atoms with E-state index >= 15 is 0 Å². The summed E-state index contributed by atoms with van der Waals surface area (Å²) in [6, 6.07) is 0.204. The average Bonchev–Trinajstić information content (AvgIpc) is 2.30. The van der Waals surface area contributed by atoms with Gasteiger partial charge >= 0.3 is 6.09 Å². The van der Waals surface area contributed by atoms with Crippen molar-refractivity contribution in [2.75, 3.05) is 12.4 Å². The van der Waals surface area contributed by atoms with Gasteiger partial charge in [0.05, 0.1) is 12.4 Å². The largest absolute Gasteiger partial charge is 0.443 e. The van der Waals surface area contributed by atoms with Crippen molar-refractivity contribution in [1.82, 2.24) is 4.90 Å². The second-order valence-electron chi connectivity index (χ2n) is 2.91. The van der Waals surface area contributed by atoms with E-state index in [0.29, 0.717) is 12.4 Å². The maximum atomic E-state index is 11.0. The molecule has 1 amide bonds. The quantitative estimate of drug-likeness (QED) is 0.598. The summed E-state index contributed by atoms with van der Waals surface area (Å²) in [4.78, 5) is 12.7. The minimum atomic E-state index is -0.245. The Morgan fingerprint density at radius 1 is 1.82 bits per heavy atom. The minimum Gasteiger partial charge on any atom is -0.443 e. The lowest BCUT2D eigenvalue weighted by Gasteiger charge is -2.16. The molecule has 0 aromatic carbocycles. The highest BCUT2D eigenvalue weighted by molar-refractivity contribution is 6.18. The van der Waals surface area contributed by atoms with Gasteiger partial charge in [-0.05, 0) is 13.8 Å². The summed E-state index contributed by atoms with van der Waals surface area (Å²) in [5.41, 5.74) is 0. The van der Waals surface area contributed by atoms with Crippen LogP contribution in [0.5, 0.6) is 0 Å². The van der Waals surface area contributed by atoms with Crippen molar-refractivity contribution in [1.29, 1.82) is 0 Å². The smallest absolute Gasteiger partial charge is 0.410 e. The molecule has 0 spiro atoms. The van der Waals surface area contributed by atoms with Gasteiger partial charge in [0.1, 0.15) is 6.10 Å². The third kappa shape index (κ3) is 1.77.